The highest BCUT2D eigenvalue weighted by Crippen LogP contribution is 2.16. The minimum atomic E-state index is -0.311. The second-order valence-electron chi connectivity index (χ2n) is 5.14. The third-order valence-corrected chi connectivity index (χ3v) is 3.28. The van der Waals surface area contributed by atoms with Gasteiger partial charge in [0.15, 0.2) is 0 Å². The molecule has 0 saturated carbocycles. The van der Waals surface area contributed by atoms with Gasteiger partial charge in [-0.25, -0.2) is 0 Å². The number of hydrogen-bond acceptors (Lipinski definition) is 4. The molecule has 0 fully saturated rings. The predicted molar refractivity (Wildman–Crippen MR) is 85.9 cm³/mol. The first kappa shape index (κ1) is 16.5. The molecule has 1 atom stereocenters. The number of hydrogen-bond donors (Lipinski definition) is 2. The zero-order valence-corrected chi connectivity index (χ0v) is 12.8. The smallest absolute Gasteiger partial charge is 0.251 e. The Hall–Kier alpha value is -2.84. The highest BCUT2D eigenvalue weighted by molar-refractivity contribution is 5.94. The Balaban J connectivity index is 2.06. The van der Waals surface area contributed by atoms with Crippen LogP contribution in [0.25, 0.3) is 0 Å². The van der Waals surface area contributed by atoms with Crippen molar-refractivity contribution in [3.8, 4) is 11.8 Å². The summed E-state index contributed by atoms with van der Waals surface area (Å²) in [5, 5.41) is 20.7. The van der Waals surface area contributed by atoms with Gasteiger partial charge in [0.2, 0.25) is 0 Å². The van der Waals surface area contributed by atoms with E-state index >= 15 is 0 Å². The van der Waals surface area contributed by atoms with Crippen LogP contribution in [0.5, 0.6) is 5.75 Å². The number of aliphatic hydroxyl groups excluding tert-OH is 1. The summed E-state index contributed by atoms with van der Waals surface area (Å²) in [6.07, 6.45) is 0. The lowest BCUT2D eigenvalue weighted by Gasteiger charge is -2.12. The van der Waals surface area contributed by atoms with Crippen molar-refractivity contribution in [2.45, 2.75) is 19.6 Å². The van der Waals surface area contributed by atoms with Crippen LogP contribution in [0.4, 0.5) is 0 Å². The first-order chi connectivity index (χ1) is 11.1. The number of rotatable bonds is 6. The summed E-state index contributed by atoms with van der Waals surface area (Å²) in [4.78, 5) is 12.0. The van der Waals surface area contributed by atoms with E-state index in [1.807, 2.05) is 12.1 Å². The molecular weight excluding hydrogens is 292 g/mol. The standard InChI is InChI=1S/C18H18N2O3/c1-13(11-21)20-18(22)14-7-4-8-17(9-14)23-12-16-6-3-2-5-15(16)10-19/h2-9,13,21H,11-12H2,1H3,(H,20,22). The number of nitrogens with one attached hydrogen (secondary N) is 1. The number of aliphatic hydroxyl groups is 1. The normalized spacial score (nSPS) is 11.3. The summed E-state index contributed by atoms with van der Waals surface area (Å²) in [5.41, 5.74) is 1.81. The molecule has 23 heavy (non-hydrogen) atoms. The summed E-state index contributed by atoms with van der Waals surface area (Å²) in [6.45, 7) is 1.85. The molecule has 5 nitrogen and oxygen atoms in total. The molecule has 0 radical (unpaired) electrons. The van der Waals surface area contributed by atoms with Crippen molar-refractivity contribution in [2.75, 3.05) is 6.61 Å². The zero-order chi connectivity index (χ0) is 16.7. The molecule has 5 heteroatoms. The molecule has 1 unspecified atom stereocenters. The van der Waals surface area contributed by atoms with E-state index in [4.69, 9.17) is 15.1 Å². The maximum atomic E-state index is 12.0. The molecule has 0 aliphatic heterocycles. The lowest BCUT2D eigenvalue weighted by molar-refractivity contribution is 0.0922. The summed E-state index contributed by atoms with van der Waals surface area (Å²) < 4.78 is 5.68. The Morgan fingerprint density at radius 1 is 1.30 bits per heavy atom. The number of carbonyl (C=O) groups is 1. The van der Waals surface area contributed by atoms with Crippen molar-refractivity contribution in [3.05, 3.63) is 65.2 Å². The fourth-order valence-corrected chi connectivity index (χ4v) is 2.00. The average Bonchev–Trinajstić information content (AvgIpc) is 2.60. The number of ether oxygens (including phenoxy) is 1. The molecule has 0 spiro atoms. The van der Waals surface area contributed by atoms with Crippen LogP contribution in [0.1, 0.15) is 28.4 Å². The lowest BCUT2D eigenvalue weighted by atomic mass is 10.1. The van der Waals surface area contributed by atoms with Crippen LogP contribution in [-0.2, 0) is 6.61 Å². The highest BCUT2D eigenvalue weighted by atomic mass is 16.5. The summed E-state index contributed by atoms with van der Waals surface area (Å²) in [5.74, 6) is 0.275. The number of nitriles is 1. The van der Waals surface area contributed by atoms with Crippen molar-refractivity contribution >= 4 is 5.91 Å². The Morgan fingerprint density at radius 2 is 2.09 bits per heavy atom. The molecule has 2 rings (SSSR count). The van der Waals surface area contributed by atoms with Crippen LogP contribution in [0.3, 0.4) is 0 Å². The maximum absolute atomic E-state index is 12.0. The molecule has 0 bridgehead atoms. The minimum Gasteiger partial charge on any atom is -0.489 e. The highest BCUT2D eigenvalue weighted by Gasteiger charge is 2.10. The Labute approximate surface area is 135 Å². The van der Waals surface area contributed by atoms with Gasteiger partial charge in [-0.15, -0.1) is 0 Å². The topological polar surface area (TPSA) is 82.3 Å². The summed E-state index contributed by atoms with van der Waals surface area (Å²) in [6, 6.07) is 15.8. The van der Waals surface area contributed by atoms with Crippen molar-refractivity contribution in [1.29, 1.82) is 5.26 Å². The van der Waals surface area contributed by atoms with E-state index in [0.29, 0.717) is 16.9 Å². The van der Waals surface area contributed by atoms with Gasteiger partial charge in [0.25, 0.3) is 5.91 Å². The molecule has 0 saturated heterocycles. The fourth-order valence-electron chi connectivity index (χ4n) is 2.00. The van der Waals surface area contributed by atoms with Crippen LogP contribution < -0.4 is 10.1 Å². The lowest BCUT2D eigenvalue weighted by Crippen LogP contribution is -2.34. The van der Waals surface area contributed by atoms with Gasteiger partial charge in [-0.05, 0) is 31.2 Å². The van der Waals surface area contributed by atoms with Crippen LogP contribution in [0, 0.1) is 11.3 Å². The molecule has 0 aliphatic rings. The van der Waals surface area contributed by atoms with Crippen LogP contribution >= 0.6 is 0 Å². The van der Waals surface area contributed by atoms with E-state index in [0.717, 1.165) is 5.56 Å². The minimum absolute atomic E-state index is 0.118. The Kier molecular flexibility index (Phi) is 5.73. The molecule has 118 valence electrons. The van der Waals surface area contributed by atoms with Gasteiger partial charge in [-0.2, -0.15) is 5.26 Å². The summed E-state index contributed by atoms with van der Waals surface area (Å²) >= 11 is 0. The fraction of sp³-hybridized carbons (Fsp3) is 0.222. The van der Waals surface area contributed by atoms with Gasteiger partial charge >= 0.3 is 0 Å². The third kappa shape index (κ3) is 4.56. The van der Waals surface area contributed by atoms with Crippen molar-refractivity contribution in [3.63, 3.8) is 0 Å². The molecule has 0 heterocycles. The molecular formula is C18H18N2O3. The van der Waals surface area contributed by atoms with Gasteiger partial charge < -0.3 is 15.2 Å². The predicted octanol–water partition coefficient (Wildman–Crippen LogP) is 2.25. The monoisotopic (exact) mass is 310 g/mol. The molecule has 2 N–H and O–H groups in total. The average molecular weight is 310 g/mol. The molecule has 2 aromatic rings. The second-order valence-corrected chi connectivity index (χ2v) is 5.14. The van der Waals surface area contributed by atoms with E-state index in [-0.39, 0.29) is 25.2 Å². The zero-order valence-electron chi connectivity index (χ0n) is 12.8. The van der Waals surface area contributed by atoms with E-state index in [2.05, 4.69) is 11.4 Å². The van der Waals surface area contributed by atoms with Crippen molar-refractivity contribution in [1.82, 2.24) is 5.32 Å². The third-order valence-electron chi connectivity index (χ3n) is 3.28. The Morgan fingerprint density at radius 3 is 2.83 bits per heavy atom. The molecule has 2 aromatic carbocycles. The van der Waals surface area contributed by atoms with Gasteiger partial charge in [0.1, 0.15) is 12.4 Å². The van der Waals surface area contributed by atoms with E-state index < -0.39 is 0 Å². The van der Waals surface area contributed by atoms with Gasteiger partial charge in [0, 0.05) is 17.2 Å². The van der Waals surface area contributed by atoms with Crippen LogP contribution in [0.15, 0.2) is 48.5 Å². The quantitative estimate of drug-likeness (QED) is 0.857. The van der Waals surface area contributed by atoms with E-state index in [1.54, 1.807) is 43.3 Å². The molecule has 0 aliphatic carbocycles. The maximum Gasteiger partial charge on any atom is 0.251 e. The first-order valence-electron chi connectivity index (χ1n) is 7.26. The number of carbonyl (C=O) groups excluding carboxylic acids is 1. The van der Waals surface area contributed by atoms with E-state index in [1.165, 1.54) is 0 Å². The van der Waals surface area contributed by atoms with Crippen LogP contribution in [0.2, 0.25) is 0 Å². The largest absolute Gasteiger partial charge is 0.489 e. The number of amides is 1. The van der Waals surface area contributed by atoms with Crippen molar-refractivity contribution < 1.29 is 14.6 Å². The van der Waals surface area contributed by atoms with E-state index in [9.17, 15) is 4.79 Å². The summed E-state index contributed by atoms with van der Waals surface area (Å²) in [7, 11) is 0. The van der Waals surface area contributed by atoms with Crippen molar-refractivity contribution in [2.24, 2.45) is 0 Å². The SMILES string of the molecule is CC(CO)NC(=O)c1cccc(OCc2ccccc2C#N)c1. The Bertz CT molecular complexity index is 722. The second kappa shape index (κ2) is 7.97. The van der Waals surface area contributed by atoms with Crippen LogP contribution in [-0.4, -0.2) is 23.7 Å². The first-order valence-corrected chi connectivity index (χ1v) is 7.26. The van der Waals surface area contributed by atoms with Gasteiger partial charge in [0.05, 0.1) is 18.2 Å². The van der Waals surface area contributed by atoms with Gasteiger partial charge in [-0.1, -0.05) is 24.3 Å². The van der Waals surface area contributed by atoms with Gasteiger partial charge in [-0.3, -0.25) is 4.79 Å². The molecule has 0 aromatic heterocycles. The number of benzene rings is 2. The number of nitrogens with zero attached hydrogens (tertiary/aromatic N) is 1. The molecule has 1 amide bonds.